The lowest BCUT2D eigenvalue weighted by atomic mass is 10.0. The number of morpholine rings is 1. The van der Waals surface area contributed by atoms with Crippen molar-refractivity contribution in [1.29, 1.82) is 0 Å². The lowest BCUT2D eigenvalue weighted by Crippen LogP contribution is -2.38. The van der Waals surface area contributed by atoms with Crippen LogP contribution in [0.25, 0.3) is 0 Å². The molecule has 0 radical (unpaired) electrons. The van der Waals surface area contributed by atoms with Crippen LogP contribution in [0.5, 0.6) is 5.75 Å². The van der Waals surface area contributed by atoms with E-state index in [1.807, 2.05) is 18.2 Å². The molecule has 1 saturated heterocycles. The van der Waals surface area contributed by atoms with E-state index in [2.05, 4.69) is 11.5 Å². The van der Waals surface area contributed by atoms with Crippen molar-refractivity contribution in [3.63, 3.8) is 0 Å². The first-order valence-electron chi connectivity index (χ1n) is 5.54. The third kappa shape index (κ3) is 2.43. The molecule has 3 heteroatoms. The van der Waals surface area contributed by atoms with Gasteiger partial charge in [-0.3, -0.25) is 4.90 Å². The molecule has 86 valence electrons. The van der Waals surface area contributed by atoms with Crippen molar-refractivity contribution in [3.05, 3.63) is 42.5 Å². The van der Waals surface area contributed by atoms with Gasteiger partial charge in [-0.15, -0.1) is 6.58 Å². The number of hydrogen-bond donors (Lipinski definition) is 1. The zero-order chi connectivity index (χ0) is 11.4. The standard InChI is InChI=1S/C13H17NO2/c1-2-13(14-7-9-16-10-8-14)11-3-5-12(15)6-4-11/h2-6,13,15H,1,7-10H2. The minimum Gasteiger partial charge on any atom is -0.508 e. The van der Waals surface area contributed by atoms with Crippen LogP contribution in [0, 0.1) is 0 Å². The SMILES string of the molecule is C=CC(c1ccc(O)cc1)N1CCOCC1. The highest BCUT2D eigenvalue weighted by Crippen LogP contribution is 2.24. The van der Waals surface area contributed by atoms with Gasteiger partial charge in [0.25, 0.3) is 0 Å². The smallest absolute Gasteiger partial charge is 0.115 e. The topological polar surface area (TPSA) is 32.7 Å². The normalized spacial score (nSPS) is 19.2. The van der Waals surface area contributed by atoms with Gasteiger partial charge in [0.05, 0.1) is 19.3 Å². The summed E-state index contributed by atoms with van der Waals surface area (Å²) in [6.07, 6.45) is 1.94. The van der Waals surface area contributed by atoms with Crippen LogP contribution in [-0.2, 0) is 4.74 Å². The molecule has 0 bridgehead atoms. The van der Waals surface area contributed by atoms with Crippen LogP contribution >= 0.6 is 0 Å². The van der Waals surface area contributed by atoms with E-state index in [9.17, 15) is 5.11 Å². The lowest BCUT2D eigenvalue weighted by Gasteiger charge is -2.32. The molecule has 1 N–H and O–H groups in total. The molecule has 1 aromatic rings. The lowest BCUT2D eigenvalue weighted by molar-refractivity contribution is 0.0253. The molecule has 0 aliphatic carbocycles. The molecule has 2 rings (SSSR count). The highest BCUT2D eigenvalue weighted by atomic mass is 16.5. The number of phenols is 1. The van der Waals surface area contributed by atoms with E-state index >= 15 is 0 Å². The van der Waals surface area contributed by atoms with E-state index in [1.165, 1.54) is 0 Å². The molecule has 3 nitrogen and oxygen atoms in total. The number of nitrogens with zero attached hydrogens (tertiary/aromatic N) is 1. The van der Waals surface area contributed by atoms with Gasteiger partial charge < -0.3 is 9.84 Å². The van der Waals surface area contributed by atoms with Gasteiger partial charge in [-0.05, 0) is 17.7 Å². The molecule has 16 heavy (non-hydrogen) atoms. The van der Waals surface area contributed by atoms with Crippen LogP contribution in [0.1, 0.15) is 11.6 Å². The van der Waals surface area contributed by atoms with Crippen molar-refractivity contribution in [1.82, 2.24) is 4.90 Å². The number of aromatic hydroxyl groups is 1. The molecule has 1 aliphatic rings. The van der Waals surface area contributed by atoms with Crippen LogP contribution in [0.3, 0.4) is 0 Å². The summed E-state index contributed by atoms with van der Waals surface area (Å²) in [4.78, 5) is 2.34. The molecule has 1 unspecified atom stereocenters. The predicted molar refractivity (Wildman–Crippen MR) is 63.4 cm³/mol. The quantitative estimate of drug-likeness (QED) is 0.789. The van der Waals surface area contributed by atoms with Crippen molar-refractivity contribution in [2.75, 3.05) is 26.3 Å². The van der Waals surface area contributed by atoms with Crippen molar-refractivity contribution in [2.45, 2.75) is 6.04 Å². The Morgan fingerprint density at radius 3 is 2.44 bits per heavy atom. The van der Waals surface area contributed by atoms with Gasteiger partial charge in [0.1, 0.15) is 5.75 Å². The largest absolute Gasteiger partial charge is 0.508 e. The van der Waals surface area contributed by atoms with Gasteiger partial charge in [0.2, 0.25) is 0 Å². The molecule has 0 saturated carbocycles. The number of hydrogen-bond acceptors (Lipinski definition) is 3. The summed E-state index contributed by atoms with van der Waals surface area (Å²) in [6.45, 7) is 7.31. The van der Waals surface area contributed by atoms with Crippen molar-refractivity contribution in [3.8, 4) is 5.75 Å². The van der Waals surface area contributed by atoms with E-state index < -0.39 is 0 Å². The summed E-state index contributed by atoms with van der Waals surface area (Å²) in [7, 11) is 0. The zero-order valence-electron chi connectivity index (χ0n) is 9.30. The Morgan fingerprint density at radius 1 is 1.25 bits per heavy atom. The molecule has 0 amide bonds. The van der Waals surface area contributed by atoms with Gasteiger partial charge >= 0.3 is 0 Å². The summed E-state index contributed by atoms with van der Waals surface area (Å²) in [5.74, 6) is 0.300. The maximum absolute atomic E-state index is 9.26. The molecule has 0 spiro atoms. The van der Waals surface area contributed by atoms with Crippen LogP contribution < -0.4 is 0 Å². The van der Waals surface area contributed by atoms with E-state index in [0.717, 1.165) is 31.9 Å². The molecular formula is C13H17NO2. The number of phenolic OH excluding ortho intramolecular Hbond substituents is 1. The van der Waals surface area contributed by atoms with Crippen LogP contribution in [-0.4, -0.2) is 36.3 Å². The fourth-order valence-corrected chi connectivity index (χ4v) is 2.02. The molecule has 1 aromatic carbocycles. The van der Waals surface area contributed by atoms with Gasteiger partial charge in [0.15, 0.2) is 0 Å². The second kappa shape index (κ2) is 5.14. The zero-order valence-corrected chi connectivity index (χ0v) is 9.30. The Hall–Kier alpha value is -1.32. The minimum absolute atomic E-state index is 0.212. The fraction of sp³-hybridized carbons (Fsp3) is 0.385. The maximum atomic E-state index is 9.26. The maximum Gasteiger partial charge on any atom is 0.115 e. The third-order valence-electron chi connectivity index (χ3n) is 2.90. The summed E-state index contributed by atoms with van der Waals surface area (Å²) in [5.41, 5.74) is 1.16. The van der Waals surface area contributed by atoms with Crippen LogP contribution in [0.4, 0.5) is 0 Å². The van der Waals surface area contributed by atoms with Crippen LogP contribution in [0.15, 0.2) is 36.9 Å². The first-order valence-corrected chi connectivity index (χ1v) is 5.54. The van der Waals surface area contributed by atoms with Gasteiger partial charge in [-0.1, -0.05) is 18.2 Å². The highest BCUT2D eigenvalue weighted by molar-refractivity contribution is 5.30. The first kappa shape index (κ1) is 11.2. The summed E-state index contributed by atoms with van der Waals surface area (Å²) in [6, 6.07) is 7.52. The van der Waals surface area contributed by atoms with Crippen molar-refractivity contribution >= 4 is 0 Å². The van der Waals surface area contributed by atoms with Crippen molar-refractivity contribution in [2.24, 2.45) is 0 Å². The van der Waals surface area contributed by atoms with E-state index in [4.69, 9.17) is 4.74 Å². The van der Waals surface area contributed by atoms with E-state index in [1.54, 1.807) is 12.1 Å². The van der Waals surface area contributed by atoms with Crippen LogP contribution in [0.2, 0.25) is 0 Å². The molecule has 1 heterocycles. The van der Waals surface area contributed by atoms with Gasteiger partial charge in [-0.25, -0.2) is 0 Å². The second-order valence-electron chi connectivity index (χ2n) is 3.92. The molecule has 1 atom stereocenters. The molecular weight excluding hydrogens is 202 g/mol. The average molecular weight is 219 g/mol. The van der Waals surface area contributed by atoms with Gasteiger partial charge in [0, 0.05) is 13.1 Å². The summed E-state index contributed by atoms with van der Waals surface area (Å²) >= 11 is 0. The van der Waals surface area contributed by atoms with E-state index in [-0.39, 0.29) is 6.04 Å². The number of benzene rings is 1. The Morgan fingerprint density at radius 2 is 1.88 bits per heavy atom. The number of rotatable bonds is 3. The minimum atomic E-state index is 0.212. The molecule has 1 aliphatic heterocycles. The Bertz CT molecular complexity index is 341. The third-order valence-corrected chi connectivity index (χ3v) is 2.90. The Balaban J connectivity index is 2.14. The molecule has 0 aromatic heterocycles. The van der Waals surface area contributed by atoms with Crippen molar-refractivity contribution < 1.29 is 9.84 Å². The Kier molecular flexibility index (Phi) is 3.59. The first-order chi connectivity index (χ1) is 7.81. The fourth-order valence-electron chi connectivity index (χ4n) is 2.02. The Labute approximate surface area is 96.0 Å². The summed E-state index contributed by atoms with van der Waals surface area (Å²) < 4.78 is 5.33. The summed E-state index contributed by atoms with van der Waals surface area (Å²) in [5, 5.41) is 9.26. The van der Waals surface area contributed by atoms with Gasteiger partial charge in [-0.2, -0.15) is 0 Å². The number of ether oxygens (including phenoxy) is 1. The second-order valence-corrected chi connectivity index (χ2v) is 3.92. The monoisotopic (exact) mass is 219 g/mol. The van der Waals surface area contributed by atoms with E-state index in [0.29, 0.717) is 5.75 Å². The predicted octanol–water partition coefficient (Wildman–Crippen LogP) is 1.95. The molecule has 1 fully saturated rings. The average Bonchev–Trinajstić information content (AvgIpc) is 2.34. The highest BCUT2D eigenvalue weighted by Gasteiger charge is 2.19.